The molecule has 0 saturated carbocycles. The molecule has 120 valence electrons. The normalized spacial score (nSPS) is 12.5. The Morgan fingerprint density at radius 1 is 1.41 bits per heavy atom. The lowest BCUT2D eigenvalue weighted by molar-refractivity contribution is -0.144. The second-order valence-electron chi connectivity index (χ2n) is 5.46. The number of carboxylic acids is 1. The van der Waals surface area contributed by atoms with Gasteiger partial charge < -0.3 is 20.7 Å². The van der Waals surface area contributed by atoms with Crippen molar-refractivity contribution in [3.63, 3.8) is 0 Å². The Kier molecular flexibility index (Phi) is 5.08. The number of carbonyl (C=O) groups excluding carboxylic acids is 2. The molecule has 22 heavy (non-hydrogen) atoms. The first-order valence-corrected chi connectivity index (χ1v) is 6.58. The van der Waals surface area contributed by atoms with E-state index in [9.17, 15) is 19.2 Å². The first-order valence-electron chi connectivity index (χ1n) is 6.58. The number of pyridine rings is 1. The molecular formula is C14H19N3O5. The highest BCUT2D eigenvalue weighted by Crippen LogP contribution is 2.14. The fraction of sp³-hybridized carbons (Fsp3) is 0.429. The molecule has 0 saturated heterocycles. The van der Waals surface area contributed by atoms with Gasteiger partial charge in [-0.25, -0.2) is 4.79 Å². The van der Waals surface area contributed by atoms with Crippen molar-refractivity contribution in [2.45, 2.75) is 38.8 Å². The van der Waals surface area contributed by atoms with Crippen molar-refractivity contribution in [3.8, 4) is 0 Å². The molecule has 0 aromatic carbocycles. The van der Waals surface area contributed by atoms with Crippen LogP contribution in [-0.4, -0.2) is 33.5 Å². The second-order valence-corrected chi connectivity index (χ2v) is 5.46. The minimum atomic E-state index is -1.44. The molecule has 8 heteroatoms. The van der Waals surface area contributed by atoms with Gasteiger partial charge in [0.2, 0.25) is 11.8 Å². The molecule has 0 aliphatic carbocycles. The summed E-state index contributed by atoms with van der Waals surface area (Å²) in [5.41, 5.74) is 3.73. The fourth-order valence-corrected chi connectivity index (χ4v) is 1.89. The first-order chi connectivity index (χ1) is 10.1. The lowest BCUT2D eigenvalue weighted by Gasteiger charge is -2.28. The van der Waals surface area contributed by atoms with Crippen molar-refractivity contribution in [1.82, 2.24) is 9.88 Å². The number of aromatic nitrogens is 1. The zero-order valence-corrected chi connectivity index (χ0v) is 12.6. The van der Waals surface area contributed by atoms with Gasteiger partial charge in [-0.15, -0.1) is 0 Å². The number of primary amides is 1. The van der Waals surface area contributed by atoms with Crippen LogP contribution in [-0.2, 0) is 19.9 Å². The van der Waals surface area contributed by atoms with E-state index in [1.165, 1.54) is 24.6 Å². The Hall–Kier alpha value is -2.64. The Labute approximate surface area is 126 Å². The number of rotatable bonds is 6. The monoisotopic (exact) mass is 309 g/mol. The number of nitrogens with two attached hydrogens (primary N) is 1. The summed E-state index contributed by atoms with van der Waals surface area (Å²) < 4.78 is 1.21. The van der Waals surface area contributed by atoms with Crippen molar-refractivity contribution >= 4 is 17.8 Å². The van der Waals surface area contributed by atoms with Gasteiger partial charge in [-0.2, -0.15) is 0 Å². The molecule has 0 aliphatic rings. The summed E-state index contributed by atoms with van der Waals surface area (Å²) in [6.45, 7) is 4.57. The third-order valence-electron chi connectivity index (χ3n) is 3.30. The van der Waals surface area contributed by atoms with E-state index in [2.05, 4.69) is 5.32 Å². The molecule has 1 aromatic heterocycles. The number of carboxylic acid groups (broad SMARTS) is 1. The molecule has 8 nitrogen and oxygen atoms in total. The smallest absolute Gasteiger partial charge is 0.326 e. The standard InChI is InChI=1S/C14H19N3O5/c1-8-5-4-6-17(11(8)19)14(2,3)13(22)16-9(12(20)21)7-10(15)18/h4-6,9H,7H2,1-3H3,(H2,15,18)(H,16,22)(H,20,21). The van der Waals surface area contributed by atoms with Crippen molar-refractivity contribution in [1.29, 1.82) is 0 Å². The zero-order valence-electron chi connectivity index (χ0n) is 12.6. The molecular weight excluding hydrogens is 290 g/mol. The lowest BCUT2D eigenvalue weighted by Crippen LogP contribution is -2.53. The predicted molar refractivity (Wildman–Crippen MR) is 78.1 cm³/mol. The Morgan fingerprint density at radius 3 is 2.50 bits per heavy atom. The fourth-order valence-electron chi connectivity index (χ4n) is 1.89. The highest BCUT2D eigenvalue weighted by Gasteiger charge is 2.34. The van der Waals surface area contributed by atoms with Crippen molar-refractivity contribution in [3.05, 3.63) is 34.2 Å². The summed E-state index contributed by atoms with van der Waals surface area (Å²) in [6, 6.07) is 1.79. The van der Waals surface area contributed by atoms with Crippen molar-refractivity contribution < 1.29 is 19.5 Å². The van der Waals surface area contributed by atoms with E-state index < -0.39 is 35.8 Å². The number of aliphatic carboxylic acids is 1. The molecule has 4 N–H and O–H groups in total. The number of hydrogen-bond acceptors (Lipinski definition) is 4. The molecule has 0 bridgehead atoms. The second kappa shape index (κ2) is 6.42. The van der Waals surface area contributed by atoms with Gasteiger partial charge in [-0.05, 0) is 26.8 Å². The average molecular weight is 309 g/mol. The van der Waals surface area contributed by atoms with Crippen LogP contribution >= 0.6 is 0 Å². The van der Waals surface area contributed by atoms with E-state index in [1.54, 1.807) is 19.1 Å². The summed E-state index contributed by atoms with van der Waals surface area (Å²) in [6.07, 6.45) is 0.915. The van der Waals surface area contributed by atoms with E-state index in [4.69, 9.17) is 10.8 Å². The highest BCUT2D eigenvalue weighted by molar-refractivity contribution is 5.90. The van der Waals surface area contributed by atoms with Crippen LogP contribution in [0.3, 0.4) is 0 Å². The highest BCUT2D eigenvalue weighted by atomic mass is 16.4. The van der Waals surface area contributed by atoms with E-state index in [-0.39, 0.29) is 5.56 Å². The minimum absolute atomic E-state index is 0.357. The molecule has 2 amide bonds. The SMILES string of the molecule is Cc1cccn(C(C)(C)C(=O)NC(CC(N)=O)C(=O)O)c1=O. The largest absolute Gasteiger partial charge is 0.480 e. The first kappa shape index (κ1) is 17.4. The number of nitrogens with one attached hydrogen (secondary N) is 1. The number of carbonyl (C=O) groups is 3. The van der Waals surface area contributed by atoms with Crippen LogP contribution < -0.4 is 16.6 Å². The number of hydrogen-bond donors (Lipinski definition) is 3. The molecule has 0 spiro atoms. The molecule has 1 unspecified atom stereocenters. The maximum atomic E-state index is 12.3. The van der Waals surface area contributed by atoms with Gasteiger partial charge in [0.1, 0.15) is 11.6 Å². The van der Waals surface area contributed by atoms with Gasteiger partial charge >= 0.3 is 5.97 Å². The van der Waals surface area contributed by atoms with E-state index in [0.29, 0.717) is 5.56 Å². The third-order valence-corrected chi connectivity index (χ3v) is 3.30. The van der Waals surface area contributed by atoms with Crippen molar-refractivity contribution in [2.75, 3.05) is 0 Å². The van der Waals surface area contributed by atoms with Gasteiger partial charge in [0.25, 0.3) is 5.56 Å². The third kappa shape index (κ3) is 3.72. The van der Waals surface area contributed by atoms with Crippen LogP contribution in [0.1, 0.15) is 25.8 Å². The molecule has 0 radical (unpaired) electrons. The van der Waals surface area contributed by atoms with Crippen LogP contribution in [0.4, 0.5) is 0 Å². The zero-order chi connectivity index (χ0) is 17.1. The van der Waals surface area contributed by atoms with E-state index in [0.717, 1.165) is 0 Å². The van der Waals surface area contributed by atoms with Gasteiger partial charge in [0, 0.05) is 11.8 Å². The topological polar surface area (TPSA) is 131 Å². The lowest BCUT2D eigenvalue weighted by atomic mass is 10.0. The van der Waals surface area contributed by atoms with E-state index >= 15 is 0 Å². The number of nitrogens with zero attached hydrogens (tertiary/aromatic N) is 1. The van der Waals surface area contributed by atoms with Crippen LogP contribution in [0.25, 0.3) is 0 Å². The molecule has 0 aliphatic heterocycles. The van der Waals surface area contributed by atoms with Crippen LogP contribution in [0.5, 0.6) is 0 Å². The summed E-state index contributed by atoms with van der Waals surface area (Å²) in [5.74, 6) is -2.92. The van der Waals surface area contributed by atoms with E-state index in [1.807, 2.05) is 0 Å². The number of amides is 2. The summed E-state index contributed by atoms with van der Waals surface area (Å²) in [4.78, 5) is 46.4. The van der Waals surface area contributed by atoms with Gasteiger partial charge in [0.15, 0.2) is 0 Å². The Balaban J connectivity index is 3.09. The number of aryl methyl sites for hydroxylation is 1. The summed E-state index contributed by atoms with van der Waals surface area (Å²) in [5, 5.41) is 11.2. The van der Waals surface area contributed by atoms with Gasteiger partial charge in [0.05, 0.1) is 6.42 Å². The molecule has 1 rings (SSSR count). The van der Waals surface area contributed by atoms with Gasteiger partial charge in [-0.3, -0.25) is 14.4 Å². The van der Waals surface area contributed by atoms with Crippen LogP contribution in [0, 0.1) is 6.92 Å². The maximum absolute atomic E-state index is 12.3. The summed E-state index contributed by atoms with van der Waals surface area (Å²) in [7, 11) is 0. The van der Waals surface area contributed by atoms with Crippen LogP contribution in [0.2, 0.25) is 0 Å². The maximum Gasteiger partial charge on any atom is 0.326 e. The Bertz CT molecular complexity index is 663. The van der Waals surface area contributed by atoms with Gasteiger partial charge in [-0.1, -0.05) is 6.07 Å². The predicted octanol–water partition coefficient (Wildman–Crippen LogP) is -0.663. The molecule has 0 fully saturated rings. The van der Waals surface area contributed by atoms with Crippen LogP contribution in [0.15, 0.2) is 23.1 Å². The minimum Gasteiger partial charge on any atom is -0.480 e. The Morgan fingerprint density at radius 2 is 2.00 bits per heavy atom. The summed E-state index contributed by atoms with van der Waals surface area (Å²) >= 11 is 0. The molecule has 1 heterocycles. The molecule has 1 aromatic rings. The quantitative estimate of drug-likeness (QED) is 0.641. The molecule has 1 atom stereocenters. The average Bonchev–Trinajstić information content (AvgIpc) is 2.40. The van der Waals surface area contributed by atoms with Crippen molar-refractivity contribution in [2.24, 2.45) is 5.73 Å².